The van der Waals surface area contributed by atoms with Crippen molar-refractivity contribution in [2.24, 2.45) is 0 Å². The summed E-state index contributed by atoms with van der Waals surface area (Å²) in [7, 11) is -11.1. The third-order valence-corrected chi connectivity index (χ3v) is 7.76. The van der Waals surface area contributed by atoms with Crippen LogP contribution in [0.25, 0.3) is 0 Å². The third-order valence-electron chi connectivity index (χ3n) is 5.16. The molecule has 2 unspecified atom stereocenters. The number of hydrogen-bond acceptors (Lipinski definition) is 15. The van der Waals surface area contributed by atoms with Gasteiger partial charge in [0, 0.05) is 12.3 Å². The summed E-state index contributed by atoms with van der Waals surface area (Å²) >= 11 is 0. The largest absolute Gasteiger partial charge is 1.00 e. The maximum Gasteiger partial charge on any atom is 1.00 e. The van der Waals surface area contributed by atoms with E-state index in [1.807, 2.05) is 4.98 Å². The average Bonchev–Trinajstić information content (AvgIpc) is 3.06. The SMILES string of the molecule is O=c1ccn([C@@H]2O[C@H](COP(=O)(O)OP(=O)(O)O[C@H]3O[C@H](CO)[C@@H](O)[C@H](O)[C@H]3O)[C@@H](O)[C@H]2O)c(=O)[nH]1.[H-].[H-].[Na+].[Na+]. The maximum atomic E-state index is 12.2. The van der Waals surface area contributed by atoms with Crippen LogP contribution >= 0.6 is 15.6 Å². The molecule has 1 aromatic rings. The smallest absolute Gasteiger partial charge is 1.00 e. The number of H-pyrrole nitrogens is 1. The molecule has 0 aliphatic carbocycles. The van der Waals surface area contributed by atoms with Crippen molar-refractivity contribution >= 4 is 15.6 Å². The minimum atomic E-state index is -5.59. The quantitative estimate of drug-likeness (QED) is 0.0921. The van der Waals surface area contributed by atoms with E-state index >= 15 is 0 Å². The third kappa shape index (κ3) is 8.81. The number of phosphoric ester groups is 2. The maximum absolute atomic E-state index is 12.2. The number of phosphoric acid groups is 2. The van der Waals surface area contributed by atoms with Gasteiger partial charge in [-0.1, -0.05) is 0 Å². The molecule has 38 heavy (non-hydrogen) atoms. The molecule has 2 fully saturated rings. The first-order valence-electron chi connectivity index (χ1n) is 9.99. The first-order valence-corrected chi connectivity index (χ1v) is 13.0. The van der Waals surface area contributed by atoms with Crippen molar-refractivity contribution in [3.05, 3.63) is 33.1 Å². The number of hydrogen-bond donors (Lipinski definition) is 9. The van der Waals surface area contributed by atoms with E-state index in [2.05, 4.69) is 13.4 Å². The van der Waals surface area contributed by atoms with E-state index < -0.39 is 95.4 Å². The second-order valence-electron chi connectivity index (χ2n) is 7.68. The van der Waals surface area contributed by atoms with Crippen molar-refractivity contribution in [1.29, 1.82) is 0 Å². The molecule has 0 saturated carbocycles. The molecule has 3 heterocycles. The van der Waals surface area contributed by atoms with Crippen LogP contribution in [-0.2, 0) is 32.0 Å². The van der Waals surface area contributed by atoms with Gasteiger partial charge < -0.3 is 52.8 Å². The topological polar surface area (TPSA) is 297 Å². The molecule has 19 nitrogen and oxygen atoms in total. The zero-order valence-electron chi connectivity index (χ0n) is 21.9. The van der Waals surface area contributed by atoms with Crippen molar-refractivity contribution in [2.75, 3.05) is 13.2 Å². The van der Waals surface area contributed by atoms with Crippen LogP contribution in [0.15, 0.2) is 21.9 Å². The van der Waals surface area contributed by atoms with Gasteiger partial charge in [0.05, 0.1) is 13.2 Å². The Kier molecular flexibility index (Phi) is 14.2. The normalized spacial score (nSPS) is 36.4. The van der Waals surface area contributed by atoms with Crippen LogP contribution < -0.4 is 70.4 Å². The Hall–Kier alpha value is 0.620. The van der Waals surface area contributed by atoms with Crippen LogP contribution in [0.5, 0.6) is 0 Å². The van der Waals surface area contributed by atoms with Gasteiger partial charge in [-0.2, -0.15) is 4.31 Å². The molecule has 0 spiro atoms. The van der Waals surface area contributed by atoms with Gasteiger partial charge >= 0.3 is 80.4 Å². The molecule has 2 aliphatic rings. The Morgan fingerprint density at radius 2 is 1.53 bits per heavy atom. The number of nitrogens with zero attached hydrogens (tertiary/aromatic N) is 1. The van der Waals surface area contributed by atoms with Crippen molar-refractivity contribution < 1.29 is 134 Å². The van der Waals surface area contributed by atoms with Gasteiger partial charge in [-0.15, -0.1) is 0 Å². The molecule has 3 rings (SSSR count). The van der Waals surface area contributed by atoms with Gasteiger partial charge in [-0.05, 0) is 0 Å². The first-order chi connectivity index (χ1) is 16.7. The summed E-state index contributed by atoms with van der Waals surface area (Å²) < 4.78 is 48.1. The molecule has 210 valence electrons. The Bertz CT molecular complexity index is 1150. The Balaban J connectivity index is 0. The molecule has 11 atom stereocenters. The summed E-state index contributed by atoms with van der Waals surface area (Å²) in [6, 6.07) is 0.928. The summed E-state index contributed by atoms with van der Waals surface area (Å²) in [5.74, 6) is 0. The van der Waals surface area contributed by atoms with Crippen LogP contribution in [0.1, 0.15) is 9.08 Å². The number of aromatic nitrogens is 2. The van der Waals surface area contributed by atoms with E-state index in [-0.39, 0.29) is 62.0 Å². The average molecular weight is 614 g/mol. The molecular weight excluding hydrogens is 588 g/mol. The van der Waals surface area contributed by atoms with E-state index in [1.54, 1.807) is 0 Å². The van der Waals surface area contributed by atoms with Crippen LogP contribution in [0, 0.1) is 0 Å². The predicted octanol–water partition coefficient (Wildman–Crippen LogP) is -10.6. The Labute approximate surface area is 259 Å². The van der Waals surface area contributed by atoms with E-state index in [1.165, 1.54) is 0 Å². The van der Waals surface area contributed by atoms with Gasteiger partial charge in [0.2, 0.25) is 0 Å². The molecule has 2 aliphatic heterocycles. The molecule has 23 heteroatoms. The van der Waals surface area contributed by atoms with Crippen LogP contribution in [0.4, 0.5) is 0 Å². The number of ether oxygens (including phenoxy) is 2. The van der Waals surface area contributed by atoms with Gasteiger partial charge in [0.1, 0.15) is 42.7 Å². The second kappa shape index (κ2) is 14.7. The summed E-state index contributed by atoms with van der Waals surface area (Å²) in [5.41, 5.74) is -1.75. The number of nitrogens with one attached hydrogen (secondary N) is 1. The molecule has 0 radical (unpaired) electrons. The Morgan fingerprint density at radius 1 is 0.921 bits per heavy atom. The molecule has 0 aromatic carbocycles. The van der Waals surface area contributed by atoms with Crippen molar-refractivity contribution in [3.8, 4) is 0 Å². The summed E-state index contributed by atoms with van der Waals surface area (Å²) in [6.07, 6.45) is -15.4. The standard InChI is InChI=1S/C15H24N2O17P2.2Na.2H/c18-3-5-8(20)10(22)12(24)14(32-5)33-36(28,29)34-35(26,27)30-4-6-9(21)11(23)13(31-6)17-2-1-7(19)16-15(17)25;;;;/h1-2,5-6,8-14,18,20-24H,3-4H2,(H,26,27)(H,28,29)(H,16,19,25);;;;/q;2*+1;2*-1/t5-,6-,8-,9-,10+,11-,12-,13-,14-;;;;/m1..../s1. The zero-order chi connectivity index (χ0) is 27.0. The summed E-state index contributed by atoms with van der Waals surface area (Å²) in [4.78, 5) is 44.5. The molecule has 0 amide bonds. The van der Waals surface area contributed by atoms with Gasteiger partial charge in [-0.25, -0.2) is 13.9 Å². The van der Waals surface area contributed by atoms with Crippen molar-refractivity contribution in [1.82, 2.24) is 9.55 Å². The van der Waals surface area contributed by atoms with E-state index in [0.717, 1.165) is 16.8 Å². The van der Waals surface area contributed by atoms with Crippen LogP contribution in [-0.4, -0.2) is 112 Å². The number of aliphatic hydroxyl groups excluding tert-OH is 6. The minimum absolute atomic E-state index is 0. The Morgan fingerprint density at radius 3 is 2.11 bits per heavy atom. The fraction of sp³-hybridized carbons (Fsp3) is 0.733. The fourth-order valence-corrected chi connectivity index (χ4v) is 5.51. The first kappa shape index (κ1) is 36.6. The number of aromatic amines is 1. The minimum Gasteiger partial charge on any atom is -1.00 e. The summed E-state index contributed by atoms with van der Waals surface area (Å²) in [6.45, 7) is -1.93. The molecule has 9 N–H and O–H groups in total. The van der Waals surface area contributed by atoms with Gasteiger partial charge in [-0.3, -0.25) is 23.4 Å². The molecule has 0 bridgehead atoms. The van der Waals surface area contributed by atoms with E-state index in [4.69, 9.17) is 14.6 Å². The van der Waals surface area contributed by atoms with Crippen LogP contribution in [0.3, 0.4) is 0 Å². The number of aliphatic hydroxyl groups is 6. The van der Waals surface area contributed by atoms with Gasteiger partial charge in [0.15, 0.2) is 12.5 Å². The zero-order valence-corrected chi connectivity index (χ0v) is 25.6. The molecule has 1 aromatic heterocycles. The number of rotatable bonds is 9. The van der Waals surface area contributed by atoms with Crippen molar-refractivity contribution in [3.63, 3.8) is 0 Å². The predicted molar refractivity (Wildman–Crippen MR) is 111 cm³/mol. The fourth-order valence-electron chi connectivity index (χ4n) is 3.35. The summed E-state index contributed by atoms with van der Waals surface area (Å²) in [5, 5.41) is 58.6. The van der Waals surface area contributed by atoms with E-state index in [0.29, 0.717) is 0 Å². The molecular formula is C15H26N2Na2O17P2. The molecule has 2 saturated heterocycles. The van der Waals surface area contributed by atoms with Crippen LogP contribution in [0.2, 0.25) is 0 Å². The monoisotopic (exact) mass is 614 g/mol. The van der Waals surface area contributed by atoms with E-state index in [9.17, 15) is 54.0 Å². The van der Waals surface area contributed by atoms with Crippen molar-refractivity contribution in [2.45, 2.75) is 55.2 Å². The van der Waals surface area contributed by atoms with Gasteiger partial charge in [0.25, 0.3) is 5.56 Å². The second-order valence-corrected chi connectivity index (χ2v) is 10.7.